The second-order valence-electron chi connectivity index (χ2n) is 4.80. The molecule has 0 spiro atoms. The Labute approximate surface area is 143 Å². The lowest BCUT2D eigenvalue weighted by atomic mass is 10.2. The normalized spacial score (nSPS) is 10.1. The predicted octanol–water partition coefficient (Wildman–Crippen LogP) is 4.00. The van der Waals surface area contributed by atoms with E-state index in [2.05, 4.69) is 21.2 Å². The van der Waals surface area contributed by atoms with Crippen LogP contribution in [0.3, 0.4) is 0 Å². The van der Waals surface area contributed by atoms with Crippen molar-refractivity contribution in [3.8, 4) is 17.2 Å². The van der Waals surface area contributed by atoms with Crippen LogP contribution in [0.1, 0.15) is 12.5 Å². The SMILES string of the molecule is COc1cc(Br)c(COc2cccc(NC(C)=O)c2)cc1OC. The fourth-order valence-electron chi connectivity index (χ4n) is 2.03. The van der Waals surface area contributed by atoms with Crippen molar-refractivity contribution in [3.05, 3.63) is 46.4 Å². The average molecular weight is 380 g/mol. The number of carbonyl (C=O) groups excluding carboxylic acids is 1. The molecule has 0 fully saturated rings. The molecule has 0 unspecified atom stereocenters. The number of carbonyl (C=O) groups is 1. The van der Waals surface area contributed by atoms with Crippen LogP contribution < -0.4 is 19.5 Å². The molecule has 23 heavy (non-hydrogen) atoms. The van der Waals surface area contributed by atoms with E-state index in [4.69, 9.17) is 14.2 Å². The second kappa shape index (κ2) is 7.87. The Morgan fingerprint density at radius 3 is 2.48 bits per heavy atom. The molecule has 2 rings (SSSR count). The molecular formula is C17H18BrNO4. The first-order valence-corrected chi connectivity index (χ1v) is 7.73. The zero-order valence-corrected chi connectivity index (χ0v) is 14.8. The first kappa shape index (κ1) is 17.1. The van der Waals surface area contributed by atoms with Gasteiger partial charge < -0.3 is 19.5 Å². The molecular weight excluding hydrogens is 362 g/mol. The summed E-state index contributed by atoms with van der Waals surface area (Å²) >= 11 is 3.50. The summed E-state index contributed by atoms with van der Waals surface area (Å²) in [7, 11) is 3.18. The highest BCUT2D eigenvalue weighted by Crippen LogP contribution is 2.33. The second-order valence-corrected chi connectivity index (χ2v) is 5.65. The van der Waals surface area contributed by atoms with Crippen LogP contribution in [0.15, 0.2) is 40.9 Å². The summed E-state index contributed by atoms with van der Waals surface area (Å²) < 4.78 is 17.2. The molecule has 2 aromatic carbocycles. The maximum atomic E-state index is 11.1. The van der Waals surface area contributed by atoms with Gasteiger partial charge in [-0.15, -0.1) is 0 Å². The minimum absolute atomic E-state index is 0.121. The van der Waals surface area contributed by atoms with Crippen LogP contribution in [0.4, 0.5) is 5.69 Å². The minimum atomic E-state index is -0.121. The molecule has 0 aliphatic rings. The third-order valence-electron chi connectivity index (χ3n) is 3.10. The number of methoxy groups -OCH3 is 2. The Balaban J connectivity index is 2.13. The molecule has 0 saturated heterocycles. The Morgan fingerprint density at radius 2 is 1.83 bits per heavy atom. The summed E-state index contributed by atoms with van der Waals surface area (Å²) in [6, 6.07) is 10.9. The van der Waals surface area contributed by atoms with Gasteiger partial charge in [0.25, 0.3) is 0 Å². The molecule has 2 aromatic rings. The van der Waals surface area contributed by atoms with E-state index >= 15 is 0 Å². The van der Waals surface area contributed by atoms with Gasteiger partial charge >= 0.3 is 0 Å². The molecule has 0 aliphatic carbocycles. The fraction of sp³-hybridized carbons (Fsp3) is 0.235. The van der Waals surface area contributed by atoms with Crippen LogP contribution in [0.5, 0.6) is 17.2 Å². The zero-order valence-electron chi connectivity index (χ0n) is 13.2. The summed E-state index contributed by atoms with van der Waals surface area (Å²) in [5.41, 5.74) is 1.62. The minimum Gasteiger partial charge on any atom is -0.493 e. The highest BCUT2D eigenvalue weighted by atomic mass is 79.9. The van der Waals surface area contributed by atoms with Crippen molar-refractivity contribution in [2.24, 2.45) is 0 Å². The zero-order chi connectivity index (χ0) is 16.8. The highest BCUT2D eigenvalue weighted by molar-refractivity contribution is 9.10. The van der Waals surface area contributed by atoms with E-state index in [1.807, 2.05) is 24.3 Å². The van der Waals surface area contributed by atoms with Gasteiger partial charge in [-0.2, -0.15) is 0 Å². The maximum Gasteiger partial charge on any atom is 0.221 e. The third kappa shape index (κ3) is 4.63. The number of hydrogen-bond acceptors (Lipinski definition) is 4. The average Bonchev–Trinajstić information content (AvgIpc) is 2.53. The monoisotopic (exact) mass is 379 g/mol. The first-order valence-electron chi connectivity index (χ1n) is 6.94. The predicted molar refractivity (Wildman–Crippen MR) is 92.3 cm³/mol. The summed E-state index contributed by atoms with van der Waals surface area (Å²) in [5.74, 6) is 1.83. The number of amides is 1. The molecule has 0 saturated carbocycles. The van der Waals surface area contributed by atoms with Gasteiger partial charge in [0.2, 0.25) is 5.91 Å². The van der Waals surface area contributed by atoms with Crippen LogP contribution in [-0.4, -0.2) is 20.1 Å². The van der Waals surface area contributed by atoms with E-state index in [-0.39, 0.29) is 5.91 Å². The molecule has 6 heteroatoms. The van der Waals surface area contributed by atoms with Crippen LogP contribution in [-0.2, 0) is 11.4 Å². The Hall–Kier alpha value is -2.21. The van der Waals surface area contributed by atoms with Crippen molar-refractivity contribution in [2.75, 3.05) is 19.5 Å². The van der Waals surface area contributed by atoms with Crippen molar-refractivity contribution in [2.45, 2.75) is 13.5 Å². The Morgan fingerprint density at radius 1 is 1.13 bits per heavy atom. The molecule has 0 aromatic heterocycles. The molecule has 1 amide bonds. The number of halogens is 1. The molecule has 0 heterocycles. The summed E-state index contributed by atoms with van der Waals surface area (Å²) in [4.78, 5) is 11.1. The smallest absolute Gasteiger partial charge is 0.221 e. The highest BCUT2D eigenvalue weighted by Gasteiger charge is 2.10. The number of hydrogen-bond donors (Lipinski definition) is 1. The van der Waals surface area contributed by atoms with E-state index in [1.54, 1.807) is 26.4 Å². The number of ether oxygens (including phenoxy) is 3. The number of anilines is 1. The molecule has 0 aliphatic heterocycles. The van der Waals surface area contributed by atoms with Crippen LogP contribution in [0.25, 0.3) is 0 Å². The van der Waals surface area contributed by atoms with Crippen molar-refractivity contribution >= 4 is 27.5 Å². The lowest BCUT2D eigenvalue weighted by Gasteiger charge is -2.13. The van der Waals surface area contributed by atoms with Gasteiger partial charge in [-0.1, -0.05) is 22.0 Å². The molecule has 122 valence electrons. The molecule has 5 nitrogen and oxygen atoms in total. The first-order chi connectivity index (χ1) is 11.0. The van der Waals surface area contributed by atoms with Gasteiger partial charge in [-0.25, -0.2) is 0 Å². The molecule has 0 atom stereocenters. The van der Waals surface area contributed by atoms with Gasteiger partial charge in [0, 0.05) is 28.7 Å². The molecule has 1 N–H and O–H groups in total. The van der Waals surface area contributed by atoms with Crippen molar-refractivity contribution in [1.82, 2.24) is 0 Å². The summed E-state index contributed by atoms with van der Waals surface area (Å²) in [6.07, 6.45) is 0. The van der Waals surface area contributed by atoms with E-state index in [0.717, 1.165) is 10.0 Å². The Bertz CT molecular complexity index is 703. The van der Waals surface area contributed by atoms with Crippen molar-refractivity contribution in [3.63, 3.8) is 0 Å². The summed E-state index contributed by atoms with van der Waals surface area (Å²) in [5, 5.41) is 2.72. The number of nitrogens with one attached hydrogen (secondary N) is 1. The van der Waals surface area contributed by atoms with Gasteiger partial charge in [-0.05, 0) is 24.3 Å². The third-order valence-corrected chi connectivity index (χ3v) is 3.84. The van der Waals surface area contributed by atoms with Crippen LogP contribution in [0.2, 0.25) is 0 Å². The van der Waals surface area contributed by atoms with Crippen molar-refractivity contribution in [1.29, 1.82) is 0 Å². The van der Waals surface area contributed by atoms with Gasteiger partial charge in [-0.3, -0.25) is 4.79 Å². The quantitative estimate of drug-likeness (QED) is 0.823. The van der Waals surface area contributed by atoms with Crippen LogP contribution >= 0.6 is 15.9 Å². The van der Waals surface area contributed by atoms with Crippen molar-refractivity contribution < 1.29 is 19.0 Å². The Kier molecular flexibility index (Phi) is 5.87. The van der Waals surface area contributed by atoms with E-state index < -0.39 is 0 Å². The maximum absolute atomic E-state index is 11.1. The topological polar surface area (TPSA) is 56.8 Å². The lowest BCUT2D eigenvalue weighted by Crippen LogP contribution is -2.05. The van der Waals surface area contributed by atoms with Gasteiger partial charge in [0.05, 0.1) is 14.2 Å². The largest absolute Gasteiger partial charge is 0.493 e. The summed E-state index contributed by atoms with van der Waals surface area (Å²) in [6.45, 7) is 1.82. The number of benzene rings is 2. The molecule has 0 bridgehead atoms. The molecule has 0 radical (unpaired) electrons. The van der Waals surface area contributed by atoms with Gasteiger partial charge in [0.1, 0.15) is 12.4 Å². The van der Waals surface area contributed by atoms with E-state index in [1.165, 1.54) is 6.92 Å². The fourth-order valence-corrected chi connectivity index (χ4v) is 2.47. The number of rotatable bonds is 6. The van der Waals surface area contributed by atoms with Gasteiger partial charge in [0.15, 0.2) is 11.5 Å². The van der Waals surface area contributed by atoms with Crippen LogP contribution in [0, 0.1) is 0 Å². The van der Waals surface area contributed by atoms with E-state index in [0.29, 0.717) is 29.5 Å². The standard InChI is InChI=1S/C17H18BrNO4/c1-11(20)19-13-5-4-6-14(8-13)23-10-12-7-16(21-2)17(22-3)9-15(12)18/h4-9H,10H2,1-3H3,(H,19,20). The van der Waals surface area contributed by atoms with E-state index in [9.17, 15) is 4.79 Å². The lowest BCUT2D eigenvalue weighted by molar-refractivity contribution is -0.114.